The number of nitrogens with one attached hydrogen (secondary N) is 2. The van der Waals surface area contributed by atoms with Crippen LogP contribution in [0.3, 0.4) is 0 Å². The Bertz CT molecular complexity index is 1970. The normalized spacial score (nSPS) is 16.8. The highest BCUT2D eigenvalue weighted by atomic mass is 35.5. The average molecular weight is 773 g/mol. The van der Waals surface area contributed by atoms with Gasteiger partial charge in [-0.25, -0.2) is 18.8 Å². The number of sulfone groups is 1. The Hall–Kier alpha value is -4.53. The van der Waals surface area contributed by atoms with E-state index in [2.05, 4.69) is 10.9 Å². The van der Waals surface area contributed by atoms with Crippen LogP contribution in [0.4, 0.5) is 0 Å². The molecule has 0 spiro atoms. The Morgan fingerprint density at radius 1 is 0.923 bits per heavy atom. The summed E-state index contributed by atoms with van der Waals surface area (Å²) in [6.45, 7) is 0.366. The molecule has 15 heteroatoms. The zero-order valence-electron chi connectivity index (χ0n) is 28.7. The fraction of sp³-hybridized carbons (Fsp3) is 0.297. The number of aliphatic hydroxyl groups excluding tert-OH is 1. The van der Waals surface area contributed by atoms with Gasteiger partial charge in [-0.2, -0.15) is 0 Å². The minimum Gasteiger partial charge on any atom is -0.496 e. The average Bonchev–Trinajstić information content (AvgIpc) is 3.55. The van der Waals surface area contributed by atoms with E-state index in [1.165, 1.54) is 39.5 Å². The highest BCUT2D eigenvalue weighted by Gasteiger charge is 2.54. The number of benzene rings is 4. The number of methoxy groups -OCH3 is 3. The predicted molar refractivity (Wildman–Crippen MR) is 197 cm³/mol. The van der Waals surface area contributed by atoms with Crippen LogP contribution in [0.2, 0.25) is 10.0 Å². The summed E-state index contributed by atoms with van der Waals surface area (Å²) in [6, 6.07) is 22.9. The van der Waals surface area contributed by atoms with Crippen molar-refractivity contribution in [3.8, 4) is 23.0 Å². The lowest BCUT2D eigenvalue weighted by Gasteiger charge is -2.31. The fourth-order valence-electron chi connectivity index (χ4n) is 5.67. The summed E-state index contributed by atoms with van der Waals surface area (Å²) in [4.78, 5) is 19.6. The Balaban J connectivity index is 1.55. The zero-order valence-corrected chi connectivity index (χ0v) is 31.1. The largest absolute Gasteiger partial charge is 0.496 e. The highest BCUT2D eigenvalue weighted by Crippen LogP contribution is 2.45. The number of nitrogens with zero attached hydrogens (tertiary/aromatic N) is 1. The zero-order chi connectivity index (χ0) is 37.3. The van der Waals surface area contributed by atoms with Crippen molar-refractivity contribution in [2.24, 2.45) is 4.99 Å². The van der Waals surface area contributed by atoms with Gasteiger partial charge < -0.3 is 28.8 Å². The molecule has 3 N–H and O–H groups in total. The van der Waals surface area contributed by atoms with E-state index < -0.39 is 33.1 Å². The second kappa shape index (κ2) is 17.3. The topological polar surface area (TPSA) is 154 Å². The van der Waals surface area contributed by atoms with E-state index in [1.807, 2.05) is 0 Å². The first-order valence-corrected chi connectivity index (χ1v) is 18.6. The van der Waals surface area contributed by atoms with E-state index in [1.54, 1.807) is 66.7 Å². The van der Waals surface area contributed by atoms with Crippen molar-refractivity contribution in [3.05, 3.63) is 112 Å². The van der Waals surface area contributed by atoms with Gasteiger partial charge in [0.1, 0.15) is 23.0 Å². The third-order valence-corrected chi connectivity index (χ3v) is 10.7. The summed E-state index contributed by atoms with van der Waals surface area (Å²) in [5, 5.41) is 9.65. The Morgan fingerprint density at radius 2 is 1.62 bits per heavy atom. The first-order chi connectivity index (χ1) is 25.0. The van der Waals surface area contributed by atoms with Crippen molar-refractivity contribution in [2.75, 3.05) is 40.3 Å². The summed E-state index contributed by atoms with van der Waals surface area (Å²) in [6.07, 6.45) is -0.996. The van der Waals surface area contributed by atoms with Crippen LogP contribution >= 0.6 is 23.2 Å². The molecule has 1 aliphatic heterocycles. The van der Waals surface area contributed by atoms with Crippen molar-refractivity contribution >= 4 is 44.8 Å². The lowest BCUT2D eigenvalue weighted by Crippen LogP contribution is -2.53. The van der Waals surface area contributed by atoms with Gasteiger partial charge in [-0.1, -0.05) is 47.5 Å². The molecule has 0 saturated carbocycles. The van der Waals surface area contributed by atoms with Crippen molar-refractivity contribution in [3.63, 3.8) is 0 Å². The first kappa shape index (κ1) is 38.7. The van der Waals surface area contributed by atoms with Crippen molar-refractivity contribution in [2.45, 2.75) is 35.9 Å². The van der Waals surface area contributed by atoms with Crippen LogP contribution in [-0.2, 0) is 25.9 Å². The molecule has 1 aliphatic rings. The summed E-state index contributed by atoms with van der Waals surface area (Å²) in [7, 11) is 0.631. The van der Waals surface area contributed by atoms with E-state index in [9.17, 15) is 13.2 Å². The summed E-state index contributed by atoms with van der Waals surface area (Å²) in [5.74, 6) is 0.906. The van der Waals surface area contributed by atoms with E-state index in [4.69, 9.17) is 57.0 Å². The van der Waals surface area contributed by atoms with Crippen LogP contribution < -0.4 is 29.8 Å². The predicted octanol–water partition coefficient (Wildman–Crippen LogP) is 5.72. The third kappa shape index (κ3) is 8.73. The second-order valence-corrected chi connectivity index (χ2v) is 14.6. The van der Waals surface area contributed by atoms with Gasteiger partial charge in [0.05, 0.1) is 44.1 Å². The molecule has 12 nitrogen and oxygen atoms in total. The minimum atomic E-state index is -3.89. The van der Waals surface area contributed by atoms with Crippen LogP contribution in [-0.4, -0.2) is 71.2 Å². The molecule has 0 saturated heterocycles. The van der Waals surface area contributed by atoms with Gasteiger partial charge in [-0.05, 0) is 48.5 Å². The van der Waals surface area contributed by atoms with Crippen LogP contribution in [0, 0.1) is 0 Å². The number of hydrazine groups is 1. The van der Waals surface area contributed by atoms with E-state index in [0.29, 0.717) is 57.7 Å². The fourth-order valence-corrected chi connectivity index (χ4v) is 7.57. The number of carbonyl (C=O) groups is 1. The van der Waals surface area contributed by atoms with Crippen molar-refractivity contribution in [1.29, 1.82) is 0 Å². The van der Waals surface area contributed by atoms with E-state index >= 15 is 0 Å². The molecule has 0 unspecified atom stereocenters. The van der Waals surface area contributed by atoms with Gasteiger partial charge in [-0.3, -0.25) is 10.2 Å². The lowest BCUT2D eigenvalue weighted by molar-refractivity contribution is -0.130. The number of aliphatic hydroxyl groups is 1. The molecule has 0 fully saturated rings. The molecule has 0 aliphatic carbocycles. The van der Waals surface area contributed by atoms with Gasteiger partial charge >= 0.3 is 0 Å². The maximum absolute atomic E-state index is 14.6. The molecule has 4 aromatic rings. The van der Waals surface area contributed by atoms with Gasteiger partial charge in [0, 0.05) is 59.3 Å². The van der Waals surface area contributed by atoms with Gasteiger partial charge in [0.15, 0.2) is 21.5 Å². The molecule has 0 bridgehead atoms. The van der Waals surface area contributed by atoms with Crippen LogP contribution in [0.5, 0.6) is 23.0 Å². The molecule has 276 valence electrons. The number of ether oxygens (including phenoxy) is 5. The molecule has 1 heterocycles. The van der Waals surface area contributed by atoms with Gasteiger partial charge in [-0.15, -0.1) is 0 Å². The smallest absolute Gasteiger partial charge is 0.266 e. The summed E-state index contributed by atoms with van der Waals surface area (Å²) in [5.41, 5.74) is 5.28. The molecular weight excluding hydrogens is 733 g/mol. The number of carbonyl (C=O) groups excluding carboxylic acids is 1. The van der Waals surface area contributed by atoms with Gasteiger partial charge in [0.25, 0.3) is 5.91 Å². The minimum absolute atomic E-state index is 0.00242. The van der Waals surface area contributed by atoms with Crippen LogP contribution in [0.25, 0.3) is 0 Å². The number of amides is 1. The van der Waals surface area contributed by atoms with Crippen LogP contribution in [0.1, 0.15) is 35.6 Å². The quantitative estimate of drug-likeness (QED) is 0.0897. The molecule has 5 rings (SSSR count). The first-order valence-electron chi connectivity index (χ1n) is 16.2. The maximum Gasteiger partial charge on any atom is 0.266 e. The number of hydrogen-bond donors (Lipinski definition) is 3. The SMILES string of the molecule is COc1cc(OC)c(CNNC(=O)[C@@]2(CCS(=O)(=O)c3ccccc3)N=C(c3ccc(OCCCO)cc3)O[C@H]2c2ccc(Cl)cc2Cl)c(OC)c1. The number of rotatable bonds is 17. The highest BCUT2D eigenvalue weighted by molar-refractivity contribution is 7.91. The standard InChI is InChI=1S/C37H39Cl2N3O9S/c1-47-27-21-32(48-2)30(33(22-27)49-3)23-40-42-36(44)37(16-19-52(45,46)28-8-5-4-6-9-28)34(29-15-12-25(38)20-31(29)39)51-35(41-37)24-10-13-26(14-11-24)50-18-7-17-43/h4-6,8-15,20-22,34,40,43H,7,16-19,23H2,1-3H3,(H,42,44)/t34-,37-/m0/s1. The Morgan fingerprint density at radius 3 is 2.23 bits per heavy atom. The Labute approximate surface area is 312 Å². The van der Waals surface area contributed by atoms with E-state index in [0.717, 1.165) is 0 Å². The number of halogens is 2. The maximum atomic E-state index is 14.6. The second-order valence-electron chi connectivity index (χ2n) is 11.7. The lowest BCUT2D eigenvalue weighted by atomic mass is 9.85. The van der Waals surface area contributed by atoms with E-state index in [-0.39, 0.29) is 35.4 Å². The molecule has 4 aromatic carbocycles. The molecule has 0 radical (unpaired) electrons. The monoisotopic (exact) mass is 771 g/mol. The molecule has 52 heavy (non-hydrogen) atoms. The molecule has 1 amide bonds. The summed E-state index contributed by atoms with van der Waals surface area (Å²) >= 11 is 13.0. The molecule has 2 atom stereocenters. The summed E-state index contributed by atoms with van der Waals surface area (Å²) < 4.78 is 55.9. The van der Waals surface area contributed by atoms with Crippen molar-refractivity contribution in [1.82, 2.24) is 10.9 Å². The molecule has 0 aromatic heterocycles. The molecular formula is C37H39Cl2N3O9S. The third-order valence-electron chi connectivity index (χ3n) is 8.41. The number of hydrogen-bond acceptors (Lipinski definition) is 11. The van der Waals surface area contributed by atoms with Gasteiger partial charge in [0.2, 0.25) is 5.90 Å². The Kier molecular flexibility index (Phi) is 12.9. The number of aliphatic imine (C=N–C) groups is 1. The van der Waals surface area contributed by atoms with Crippen molar-refractivity contribution < 1.29 is 42.0 Å². The van der Waals surface area contributed by atoms with Crippen LogP contribution in [0.15, 0.2) is 94.8 Å².